The molecule has 1 heterocycles. The fourth-order valence-corrected chi connectivity index (χ4v) is 2.03. The van der Waals surface area contributed by atoms with Crippen LogP contribution in [-0.4, -0.2) is 46.4 Å². The Kier molecular flexibility index (Phi) is 6.31. The van der Waals surface area contributed by atoms with Crippen LogP contribution in [0.5, 0.6) is 0 Å². The van der Waals surface area contributed by atoms with Crippen molar-refractivity contribution in [2.24, 2.45) is 5.92 Å². The van der Waals surface area contributed by atoms with Gasteiger partial charge in [0.1, 0.15) is 0 Å². The average molecular weight is 317 g/mol. The van der Waals surface area contributed by atoms with Crippen molar-refractivity contribution in [2.45, 2.75) is 20.0 Å². The average Bonchev–Trinajstić information content (AvgIpc) is 3.07. The third kappa shape index (κ3) is 5.50. The van der Waals surface area contributed by atoms with E-state index in [4.69, 9.17) is 4.74 Å². The number of amides is 1. The van der Waals surface area contributed by atoms with Gasteiger partial charge >= 0.3 is 0 Å². The third-order valence-electron chi connectivity index (χ3n) is 3.17. The number of carbonyl (C=O) groups is 1. The lowest BCUT2D eigenvalue weighted by Crippen LogP contribution is -2.34. The minimum absolute atomic E-state index is 0.159. The minimum atomic E-state index is -0.713. The molecule has 0 saturated heterocycles. The Hall–Kier alpha value is -2.18. The lowest BCUT2D eigenvalue weighted by atomic mass is 10.2. The molecule has 124 valence electrons. The minimum Gasteiger partial charge on any atom is -0.389 e. The van der Waals surface area contributed by atoms with Crippen LogP contribution >= 0.6 is 0 Å². The Morgan fingerprint density at radius 3 is 2.91 bits per heavy atom. The highest BCUT2D eigenvalue weighted by molar-refractivity contribution is 5.94. The summed E-state index contributed by atoms with van der Waals surface area (Å²) in [7, 11) is 0. The van der Waals surface area contributed by atoms with Crippen LogP contribution in [0.1, 0.15) is 24.2 Å². The molecule has 1 amide bonds. The summed E-state index contributed by atoms with van der Waals surface area (Å²) in [6, 6.07) is 7.22. The lowest BCUT2D eigenvalue weighted by Gasteiger charge is -2.14. The first kappa shape index (κ1) is 17.2. The van der Waals surface area contributed by atoms with Crippen LogP contribution in [-0.2, 0) is 4.74 Å². The molecule has 6 heteroatoms. The van der Waals surface area contributed by atoms with Gasteiger partial charge in [-0.1, -0.05) is 19.9 Å². The summed E-state index contributed by atoms with van der Waals surface area (Å²) in [6.45, 7) is 5.06. The van der Waals surface area contributed by atoms with E-state index >= 15 is 0 Å². The molecule has 6 nitrogen and oxygen atoms in total. The first-order chi connectivity index (χ1) is 11.1. The van der Waals surface area contributed by atoms with Crippen LogP contribution in [0.3, 0.4) is 0 Å². The van der Waals surface area contributed by atoms with E-state index < -0.39 is 6.10 Å². The van der Waals surface area contributed by atoms with Crippen LogP contribution < -0.4 is 5.32 Å². The van der Waals surface area contributed by atoms with Gasteiger partial charge in [-0.05, 0) is 24.1 Å². The molecule has 0 bridgehead atoms. The van der Waals surface area contributed by atoms with Gasteiger partial charge in [0.25, 0.3) is 5.91 Å². The second-order valence-corrected chi connectivity index (χ2v) is 5.82. The number of rotatable bonds is 8. The fraction of sp³-hybridized carbons (Fsp3) is 0.412. The second kappa shape index (κ2) is 8.45. The number of nitrogens with zero attached hydrogens (tertiary/aromatic N) is 2. The number of carbonyl (C=O) groups excluding carboxylic acids is 1. The van der Waals surface area contributed by atoms with Gasteiger partial charge in [0.05, 0.1) is 19.0 Å². The molecule has 2 aromatic rings. The number of aliphatic hydroxyl groups excluding tert-OH is 1. The highest BCUT2D eigenvalue weighted by atomic mass is 16.5. The van der Waals surface area contributed by atoms with Crippen LogP contribution in [0.25, 0.3) is 5.69 Å². The van der Waals surface area contributed by atoms with Crippen molar-refractivity contribution in [1.29, 1.82) is 0 Å². The second-order valence-electron chi connectivity index (χ2n) is 5.82. The molecule has 0 spiro atoms. The molecule has 2 rings (SSSR count). The molecule has 0 saturated carbocycles. The van der Waals surface area contributed by atoms with Crippen molar-refractivity contribution in [2.75, 3.05) is 19.8 Å². The summed E-state index contributed by atoms with van der Waals surface area (Å²) in [6.07, 6.45) is 4.45. The number of ether oxygens (including phenoxy) is 1. The number of aliphatic hydroxyl groups is 1. The normalized spacial score (nSPS) is 12.3. The SMILES string of the molecule is CC(C)COCC(O)CNC(=O)c1cccc(-n2ccnc2)c1. The number of nitrogens with one attached hydrogen (secondary N) is 1. The van der Waals surface area contributed by atoms with E-state index in [1.54, 1.807) is 24.7 Å². The maximum Gasteiger partial charge on any atom is 0.251 e. The van der Waals surface area contributed by atoms with Gasteiger partial charge in [-0.15, -0.1) is 0 Å². The van der Waals surface area contributed by atoms with E-state index in [2.05, 4.69) is 10.3 Å². The Morgan fingerprint density at radius 1 is 1.39 bits per heavy atom. The molecular weight excluding hydrogens is 294 g/mol. The summed E-state index contributed by atoms with van der Waals surface area (Å²) in [5, 5.41) is 12.5. The predicted molar refractivity (Wildman–Crippen MR) is 87.6 cm³/mol. The van der Waals surface area contributed by atoms with Gasteiger partial charge in [0.15, 0.2) is 0 Å². The number of hydrogen-bond donors (Lipinski definition) is 2. The summed E-state index contributed by atoms with van der Waals surface area (Å²) >= 11 is 0. The van der Waals surface area contributed by atoms with Gasteiger partial charge in [0, 0.05) is 36.8 Å². The largest absolute Gasteiger partial charge is 0.389 e. The molecule has 0 fully saturated rings. The van der Waals surface area contributed by atoms with E-state index in [0.717, 1.165) is 5.69 Å². The van der Waals surface area contributed by atoms with E-state index in [0.29, 0.717) is 18.1 Å². The van der Waals surface area contributed by atoms with Gasteiger partial charge in [-0.2, -0.15) is 0 Å². The summed E-state index contributed by atoms with van der Waals surface area (Å²) in [5.41, 5.74) is 1.39. The Bertz CT molecular complexity index is 611. The highest BCUT2D eigenvalue weighted by Gasteiger charge is 2.10. The van der Waals surface area contributed by atoms with Crippen molar-refractivity contribution in [1.82, 2.24) is 14.9 Å². The standard InChI is InChI=1S/C17H23N3O3/c1-13(2)10-23-11-16(21)9-19-17(22)14-4-3-5-15(8-14)20-7-6-18-12-20/h3-8,12-13,16,21H,9-11H2,1-2H3,(H,19,22). The zero-order valence-corrected chi connectivity index (χ0v) is 13.5. The summed E-state index contributed by atoms with van der Waals surface area (Å²) < 4.78 is 7.18. The van der Waals surface area contributed by atoms with Crippen molar-refractivity contribution < 1.29 is 14.6 Å². The monoisotopic (exact) mass is 317 g/mol. The van der Waals surface area contributed by atoms with Crippen molar-refractivity contribution in [3.8, 4) is 5.69 Å². The molecule has 1 aromatic carbocycles. The number of aromatic nitrogens is 2. The lowest BCUT2D eigenvalue weighted by molar-refractivity contribution is 0.0259. The van der Waals surface area contributed by atoms with Gasteiger partial charge in [0.2, 0.25) is 0 Å². The van der Waals surface area contributed by atoms with Gasteiger partial charge < -0.3 is 19.7 Å². The smallest absolute Gasteiger partial charge is 0.251 e. The number of imidazole rings is 1. The number of hydrogen-bond acceptors (Lipinski definition) is 4. The zero-order chi connectivity index (χ0) is 16.7. The first-order valence-corrected chi connectivity index (χ1v) is 7.68. The quantitative estimate of drug-likeness (QED) is 0.776. The summed E-state index contributed by atoms with van der Waals surface area (Å²) in [5.74, 6) is 0.192. The highest BCUT2D eigenvalue weighted by Crippen LogP contribution is 2.10. The van der Waals surface area contributed by atoms with Gasteiger partial charge in [-0.3, -0.25) is 4.79 Å². The molecule has 1 unspecified atom stereocenters. The maximum atomic E-state index is 12.2. The van der Waals surface area contributed by atoms with Crippen LogP contribution in [0.15, 0.2) is 43.0 Å². The van der Waals surface area contributed by atoms with Crippen LogP contribution in [0.4, 0.5) is 0 Å². The Balaban J connectivity index is 1.85. The number of benzene rings is 1. The van der Waals surface area contributed by atoms with E-state index in [1.807, 2.05) is 36.7 Å². The van der Waals surface area contributed by atoms with Crippen molar-refractivity contribution in [3.63, 3.8) is 0 Å². The Morgan fingerprint density at radius 2 is 2.22 bits per heavy atom. The predicted octanol–water partition coefficient (Wildman–Crippen LogP) is 1.64. The zero-order valence-electron chi connectivity index (χ0n) is 13.5. The van der Waals surface area contributed by atoms with E-state index in [-0.39, 0.29) is 19.1 Å². The fourth-order valence-electron chi connectivity index (χ4n) is 2.03. The van der Waals surface area contributed by atoms with Crippen molar-refractivity contribution in [3.05, 3.63) is 48.5 Å². The van der Waals surface area contributed by atoms with E-state index in [1.165, 1.54) is 0 Å². The molecule has 1 atom stereocenters. The Labute approximate surface area is 136 Å². The first-order valence-electron chi connectivity index (χ1n) is 7.68. The van der Waals surface area contributed by atoms with E-state index in [9.17, 15) is 9.90 Å². The summed E-state index contributed by atoms with van der Waals surface area (Å²) in [4.78, 5) is 16.2. The van der Waals surface area contributed by atoms with Crippen LogP contribution in [0.2, 0.25) is 0 Å². The van der Waals surface area contributed by atoms with Gasteiger partial charge in [-0.25, -0.2) is 4.98 Å². The third-order valence-corrected chi connectivity index (χ3v) is 3.17. The molecule has 0 aliphatic rings. The molecule has 23 heavy (non-hydrogen) atoms. The molecular formula is C17H23N3O3. The molecule has 0 aliphatic heterocycles. The van der Waals surface area contributed by atoms with Crippen LogP contribution in [0, 0.1) is 5.92 Å². The molecule has 0 radical (unpaired) electrons. The molecule has 2 N–H and O–H groups in total. The molecule has 0 aliphatic carbocycles. The van der Waals surface area contributed by atoms with Crippen molar-refractivity contribution >= 4 is 5.91 Å². The topological polar surface area (TPSA) is 76.4 Å². The maximum absolute atomic E-state index is 12.2. The molecule has 1 aromatic heterocycles.